The maximum atomic E-state index is 12.2. The van der Waals surface area contributed by atoms with Crippen molar-refractivity contribution in [1.29, 1.82) is 0 Å². The summed E-state index contributed by atoms with van der Waals surface area (Å²) in [5.41, 5.74) is 8.28. The van der Waals surface area contributed by atoms with E-state index in [1.54, 1.807) is 0 Å². The fourth-order valence-corrected chi connectivity index (χ4v) is 3.33. The van der Waals surface area contributed by atoms with Crippen molar-refractivity contribution in [2.45, 2.75) is 20.8 Å². The minimum absolute atomic E-state index is 0.122. The van der Waals surface area contributed by atoms with Crippen LogP contribution in [0.4, 0.5) is 5.69 Å². The molecule has 21 heavy (non-hydrogen) atoms. The predicted molar refractivity (Wildman–Crippen MR) is 84.5 cm³/mol. The number of carbonyl (C=O) groups excluding carboxylic acids is 2. The third kappa shape index (κ3) is 3.30. The number of amides is 2. The summed E-state index contributed by atoms with van der Waals surface area (Å²) in [6.45, 7) is 5.99. The van der Waals surface area contributed by atoms with Crippen molar-refractivity contribution in [2.24, 2.45) is 0 Å². The summed E-state index contributed by atoms with van der Waals surface area (Å²) in [5, 5.41) is 6.21. The third-order valence-corrected chi connectivity index (χ3v) is 4.16. The van der Waals surface area contributed by atoms with E-state index in [0.717, 1.165) is 21.5 Å². The quantitative estimate of drug-likeness (QED) is 0.743. The second kappa shape index (κ2) is 6.09. The number of aromatic nitrogens is 1. The second-order valence-corrected chi connectivity index (χ2v) is 5.86. The maximum absolute atomic E-state index is 12.2. The molecule has 2 heterocycles. The van der Waals surface area contributed by atoms with Crippen molar-refractivity contribution in [3.63, 3.8) is 0 Å². The number of carbonyl (C=O) groups is 2. The minimum atomic E-state index is -0.226. The van der Waals surface area contributed by atoms with Crippen LogP contribution in [0.5, 0.6) is 0 Å². The zero-order valence-corrected chi connectivity index (χ0v) is 13.1. The van der Waals surface area contributed by atoms with E-state index in [1.807, 2.05) is 19.9 Å². The van der Waals surface area contributed by atoms with Crippen LogP contribution in [0.3, 0.4) is 0 Å². The number of anilines is 1. The molecule has 0 bridgehead atoms. The molecule has 0 spiro atoms. The zero-order valence-electron chi connectivity index (χ0n) is 12.2. The van der Waals surface area contributed by atoms with Gasteiger partial charge in [-0.2, -0.15) is 0 Å². The minimum Gasteiger partial charge on any atom is -0.397 e. The van der Waals surface area contributed by atoms with Crippen molar-refractivity contribution in [2.75, 3.05) is 18.8 Å². The van der Waals surface area contributed by atoms with E-state index in [2.05, 4.69) is 15.6 Å². The summed E-state index contributed by atoms with van der Waals surface area (Å²) < 4.78 is 0.963. The first-order chi connectivity index (χ1) is 9.90. The molecular formula is C14H18N4O2S. The Labute approximate surface area is 126 Å². The van der Waals surface area contributed by atoms with Gasteiger partial charge in [0.1, 0.15) is 4.88 Å². The fraction of sp³-hybridized carbons (Fsp3) is 0.357. The first-order valence-corrected chi connectivity index (χ1v) is 7.40. The summed E-state index contributed by atoms with van der Waals surface area (Å²) in [7, 11) is 0. The van der Waals surface area contributed by atoms with E-state index in [-0.39, 0.29) is 11.8 Å². The highest BCUT2D eigenvalue weighted by Gasteiger charge is 2.18. The molecule has 2 aromatic heterocycles. The smallest absolute Gasteiger partial charge is 0.263 e. The number of hydrogen-bond acceptors (Lipinski definition) is 5. The molecule has 0 saturated carbocycles. The highest BCUT2D eigenvalue weighted by Crippen LogP contribution is 2.35. The van der Waals surface area contributed by atoms with Gasteiger partial charge in [-0.15, -0.1) is 11.3 Å². The van der Waals surface area contributed by atoms with E-state index in [0.29, 0.717) is 23.7 Å². The van der Waals surface area contributed by atoms with Crippen LogP contribution in [0.1, 0.15) is 28.0 Å². The highest BCUT2D eigenvalue weighted by molar-refractivity contribution is 7.21. The van der Waals surface area contributed by atoms with Gasteiger partial charge >= 0.3 is 0 Å². The van der Waals surface area contributed by atoms with Crippen molar-refractivity contribution in [1.82, 2.24) is 15.6 Å². The first kappa shape index (κ1) is 15.2. The summed E-state index contributed by atoms with van der Waals surface area (Å²) in [5.74, 6) is -0.348. The molecule has 0 atom stereocenters. The van der Waals surface area contributed by atoms with Crippen LogP contribution in [0.25, 0.3) is 10.1 Å². The van der Waals surface area contributed by atoms with Crippen LogP contribution in [-0.2, 0) is 4.79 Å². The Balaban J connectivity index is 2.18. The van der Waals surface area contributed by atoms with Gasteiger partial charge in [-0.3, -0.25) is 14.6 Å². The summed E-state index contributed by atoms with van der Waals surface area (Å²) in [4.78, 5) is 27.8. The molecule has 2 rings (SSSR count). The number of nitrogens with zero attached hydrogens (tertiary/aromatic N) is 1. The third-order valence-electron chi connectivity index (χ3n) is 3.01. The molecule has 4 N–H and O–H groups in total. The van der Waals surface area contributed by atoms with Gasteiger partial charge in [0.05, 0.1) is 5.69 Å². The van der Waals surface area contributed by atoms with Crippen molar-refractivity contribution < 1.29 is 9.59 Å². The Morgan fingerprint density at radius 2 is 1.95 bits per heavy atom. The van der Waals surface area contributed by atoms with Gasteiger partial charge < -0.3 is 16.4 Å². The molecule has 0 aromatic carbocycles. The molecule has 2 amide bonds. The Bertz CT molecular complexity index is 709. The zero-order chi connectivity index (χ0) is 15.6. The maximum Gasteiger partial charge on any atom is 0.263 e. The van der Waals surface area contributed by atoms with Crippen LogP contribution in [0.15, 0.2) is 6.07 Å². The van der Waals surface area contributed by atoms with Gasteiger partial charge in [0.15, 0.2) is 0 Å². The number of aryl methyl sites for hydroxylation is 2. The van der Waals surface area contributed by atoms with Crippen molar-refractivity contribution >= 4 is 38.9 Å². The van der Waals surface area contributed by atoms with Crippen LogP contribution >= 0.6 is 11.3 Å². The van der Waals surface area contributed by atoms with Crippen LogP contribution < -0.4 is 16.4 Å². The standard InChI is InChI=1S/C14H18N4O2S/c1-7-6-10-11(8(2)18-7)12(15)13(21-10)14(20)17-5-4-16-9(3)19/h6H,4-5,15H2,1-3H3,(H,16,19)(H,17,20). The Kier molecular flexibility index (Phi) is 4.42. The average molecular weight is 306 g/mol. The Morgan fingerprint density at radius 1 is 1.29 bits per heavy atom. The molecule has 0 radical (unpaired) electrons. The molecule has 6 nitrogen and oxygen atoms in total. The summed E-state index contributed by atoms with van der Waals surface area (Å²) in [6, 6.07) is 1.93. The van der Waals surface area contributed by atoms with Gasteiger partial charge in [-0.25, -0.2) is 0 Å². The fourth-order valence-electron chi connectivity index (χ4n) is 2.14. The van der Waals surface area contributed by atoms with E-state index < -0.39 is 0 Å². The number of thiophene rings is 1. The largest absolute Gasteiger partial charge is 0.397 e. The molecule has 0 saturated heterocycles. The van der Waals surface area contributed by atoms with Gasteiger partial charge in [0.25, 0.3) is 5.91 Å². The Morgan fingerprint density at radius 3 is 2.62 bits per heavy atom. The Hall–Kier alpha value is -2.15. The van der Waals surface area contributed by atoms with E-state index >= 15 is 0 Å². The lowest BCUT2D eigenvalue weighted by Gasteiger charge is -2.05. The molecule has 0 aliphatic carbocycles. The average Bonchev–Trinajstić information content (AvgIpc) is 2.71. The second-order valence-electron chi connectivity index (χ2n) is 4.81. The van der Waals surface area contributed by atoms with E-state index in [9.17, 15) is 9.59 Å². The van der Waals surface area contributed by atoms with Crippen LogP contribution in [0, 0.1) is 13.8 Å². The number of nitrogens with two attached hydrogens (primary N) is 1. The predicted octanol–water partition coefficient (Wildman–Crippen LogP) is 1.36. The van der Waals surface area contributed by atoms with E-state index in [1.165, 1.54) is 18.3 Å². The lowest BCUT2D eigenvalue weighted by Crippen LogP contribution is -2.33. The summed E-state index contributed by atoms with van der Waals surface area (Å²) >= 11 is 1.36. The highest BCUT2D eigenvalue weighted by atomic mass is 32.1. The lowest BCUT2D eigenvalue weighted by molar-refractivity contribution is -0.118. The number of nitrogens with one attached hydrogen (secondary N) is 2. The SMILES string of the molecule is CC(=O)NCCNC(=O)c1sc2cc(C)nc(C)c2c1N. The number of rotatable bonds is 4. The number of pyridine rings is 1. The molecule has 112 valence electrons. The van der Waals surface area contributed by atoms with Gasteiger partial charge in [-0.1, -0.05) is 0 Å². The topological polar surface area (TPSA) is 97.1 Å². The number of hydrogen-bond donors (Lipinski definition) is 3. The van der Waals surface area contributed by atoms with Crippen LogP contribution in [-0.4, -0.2) is 29.9 Å². The van der Waals surface area contributed by atoms with E-state index in [4.69, 9.17) is 5.73 Å². The molecule has 0 aliphatic heterocycles. The summed E-state index contributed by atoms with van der Waals surface area (Å²) in [6.07, 6.45) is 0. The van der Waals surface area contributed by atoms with Crippen molar-refractivity contribution in [3.8, 4) is 0 Å². The lowest BCUT2D eigenvalue weighted by atomic mass is 10.2. The first-order valence-electron chi connectivity index (χ1n) is 6.59. The molecule has 0 fully saturated rings. The normalized spacial score (nSPS) is 10.6. The molecule has 7 heteroatoms. The molecule has 0 aliphatic rings. The monoisotopic (exact) mass is 306 g/mol. The molecular weight excluding hydrogens is 288 g/mol. The van der Waals surface area contributed by atoms with Gasteiger partial charge in [-0.05, 0) is 19.9 Å². The number of nitrogen functional groups attached to an aromatic ring is 1. The van der Waals surface area contributed by atoms with Gasteiger partial charge in [0.2, 0.25) is 5.91 Å². The molecule has 2 aromatic rings. The molecule has 0 unspecified atom stereocenters. The van der Waals surface area contributed by atoms with Crippen LogP contribution in [0.2, 0.25) is 0 Å². The van der Waals surface area contributed by atoms with Gasteiger partial charge in [0, 0.05) is 41.5 Å². The van der Waals surface area contributed by atoms with Crippen molar-refractivity contribution in [3.05, 3.63) is 22.3 Å². The number of fused-ring (bicyclic) bond motifs is 1.